The Morgan fingerprint density at radius 2 is 1.67 bits per heavy atom. The molecule has 0 saturated carbocycles. The van der Waals surface area contributed by atoms with E-state index >= 15 is 0 Å². The quantitative estimate of drug-likeness (QED) is 0.741. The lowest BCUT2D eigenvalue weighted by molar-refractivity contribution is -0.142. The second-order valence-electron chi connectivity index (χ2n) is 2.57. The second-order valence-corrected chi connectivity index (χ2v) is 3.39. The maximum Gasteiger partial charge on any atom is 0.305 e. The molecule has 1 aromatic rings. The standard InChI is InChI=1S/C6H4Cl2.C5H10O2/c7-5-3-1-2-4-6(5)8;1-3-5(6)7-4-2/h1-4H;3-4H2,1-2H3. The van der Waals surface area contributed by atoms with Gasteiger partial charge in [-0.05, 0) is 19.1 Å². The van der Waals surface area contributed by atoms with Crippen LogP contribution in [0.15, 0.2) is 24.3 Å². The van der Waals surface area contributed by atoms with Crippen LogP contribution in [0.4, 0.5) is 0 Å². The first-order chi connectivity index (χ1) is 7.11. The van der Waals surface area contributed by atoms with Crippen LogP contribution in [0.5, 0.6) is 0 Å². The lowest BCUT2D eigenvalue weighted by atomic mass is 10.4. The summed E-state index contributed by atoms with van der Waals surface area (Å²) in [7, 11) is 0. The van der Waals surface area contributed by atoms with E-state index in [1.54, 1.807) is 26.0 Å². The highest BCUT2D eigenvalue weighted by atomic mass is 35.5. The van der Waals surface area contributed by atoms with Gasteiger partial charge in [-0.2, -0.15) is 0 Å². The van der Waals surface area contributed by atoms with Crippen LogP contribution in [-0.2, 0) is 9.53 Å². The first-order valence-electron chi connectivity index (χ1n) is 4.67. The Hall–Kier alpha value is -0.730. The zero-order chi connectivity index (χ0) is 11.7. The molecule has 0 aliphatic heterocycles. The van der Waals surface area contributed by atoms with Crippen LogP contribution >= 0.6 is 23.2 Å². The number of carbonyl (C=O) groups is 1. The van der Waals surface area contributed by atoms with Crippen LogP contribution in [0.3, 0.4) is 0 Å². The SMILES string of the molecule is CCOC(=O)CC.Clc1ccccc1Cl. The Morgan fingerprint density at radius 3 is 1.87 bits per heavy atom. The predicted octanol–water partition coefficient (Wildman–Crippen LogP) is 3.95. The molecule has 0 aliphatic carbocycles. The number of rotatable bonds is 2. The Bertz CT molecular complexity index is 279. The first-order valence-corrected chi connectivity index (χ1v) is 5.43. The van der Waals surface area contributed by atoms with E-state index in [4.69, 9.17) is 23.2 Å². The molecule has 0 aliphatic rings. The van der Waals surface area contributed by atoms with Crippen molar-refractivity contribution >= 4 is 29.2 Å². The van der Waals surface area contributed by atoms with E-state index < -0.39 is 0 Å². The van der Waals surface area contributed by atoms with E-state index in [2.05, 4.69) is 4.74 Å². The summed E-state index contributed by atoms with van der Waals surface area (Å²) < 4.78 is 4.55. The van der Waals surface area contributed by atoms with E-state index in [9.17, 15) is 4.79 Å². The summed E-state index contributed by atoms with van der Waals surface area (Å²) in [5.74, 6) is -0.123. The van der Waals surface area contributed by atoms with Gasteiger partial charge in [-0.25, -0.2) is 0 Å². The Labute approximate surface area is 100 Å². The summed E-state index contributed by atoms with van der Waals surface area (Å²) in [6.45, 7) is 4.07. The predicted molar refractivity (Wildman–Crippen MR) is 63.4 cm³/mol. The van der Waals surface area contributed by atoms with Crippen LogP contribution in [0.25, 0.3) is 0 Å². The van der Waals surface area contributed by atoms with E-state index in [1.165, 1.54) is 0 Å². The summed E-state index contributed by atoms with van der Waals surface area (Å²) in [6, 6.07) is 7.19. The van der Waals surface area contributed by atoms with Crippen LogP contribution in [-0.4, -0.2) is 12.6 Å². The van der Waals surface area contributed by atoms with Gasteiger partial charge in [0.15, 0.2) is 0 Å². The topological polar surface area (TPSA) is 26.3 Å². The molecule has 84 valence electrons. The van der Waals surface area contributed by atoms with Gasteiger partial charge in [0.2, 0.25) is 0 Å². The fourth-order valence-electron chi connectivity index (χ4n) is 0.702. The number of ether oxygens (including phenoxy) is 1. The van der Waals surface area contributed by atoms with Crippen LogP contribution in [0, 0.1) is 0 Å². The van der Waals surface area contributed by atoms with E-state index in [0.29, 0.717) is 23.1 Å². The average molecular weight is 249 g/mol. The number of hydrogen-bond donors (Lipinski definition) is 0. The molecule has 0 aromatic heterocycles. The van der Waals surface area contributed by atoms with E-state index in [0.717, 1.165) is 0 Å². The smallest absolute Gasteiger partial charge is 0.305 e. The third-order valence-electron chi connectivity index (χ3n) is 1.42. The summed E-state index contributed by atoms with van der Waals surface area (Å²) in [5.41, 5.74) is 0. The molecular weight excluding hydrogens is 235 g/mol. The van der Waals surface area contributed by atoms with Crippen LogP contribution in [0.2, 0.25) is 10.0 Å². The fraction of sp³-hybridized carbons (Fsp3) is 0.364. The highest BCUT2D eigenvalue weighted by molar-refractivity contribution is 6.41. The van der Waals surface area contributed by atoms with Crippen LogP contribution < -0.4 is 0 Å². The van der Waals surface area contributed by atoms with Crippen LogP contribution in [0.1, 0.15) is 20.3 Å². The Kier molecular flexibility index (Phi) is 8.15. The van der Waals surface area contributed by atoms with Gasteiger partial charge >= 0.3 is 5.97 Å². The van der Waals surface area contributed by atoms with Gasteiger partial charge in [-0.15, -0.1) is 0 Å². The van der Waals surface area contributed by atoms with Crippen molar-refractivity contribution in [3.8, 4) is 0 Å². The minimum Gasteiger partial charge on any atom is -0.466 e. The number of hydrogen-bond acceptors (Lipinski definition) is 2. The minimum atomic E-state index is -0.123. The van der Waals surface area contributed by atoms with E-state index in [1.807, 2.05) is 12.1 Å². The molecule has 0 spiro atoms. The first kappa shape index (κ1) is 14.3. The van der Waals surface area contributed by atoms with Crippen molar-refractivity contribution in [3.63, 3.8) is 0 Å². The molecule has 1 rings (SSSR count). The highest BCUT2D eigenvalue weighted by Gasteiger charge is 1.91. The molecule has 0 bridgehead atoms. The molecule has 0 amide bonds. The van der Waals surface area contributed by atoms with Gasteiger partial charge in [0.25, 0.3) is 0 Å². The van der Waals surface area contributed by atoms with Crippen molar-refractivity contribution in [1.82, 2.24) is 0 Å². The largest absolute Gasteiger partial charge is 0.466 e. The molecule has 1 aromatic carbocycles. The van der Waals surface area contributed by atoms with Crippen molar-refractivity contribution in [2.24, 2.45) is 0 Å². The maximum absolute atomic E-state index is 10.2. The number of benzene rings is 1. The molecule has 0 fully saturated rings. The van der Waals surface area contributed by atoms with Gasteiger partial charge in [-0.3, -0.25) is 4.79 Å². The molecule has 15 heavy (non-hydrogen) atoms. The van der Waals surface area contributed by atoms with Gasteiger partial charge in [-0.1, -0.05) is 42.3 Å². The molecule has 4 heteroatoms. The van der Waals surface area contributed by atoms with Gasteiger partial charge in [0, 0.05) is 6.42 Å². The summed E-state index contributed by atoms with van der Waals surface area (Å²) in [5, 5.41) is 1.21. The molecule has 0 N–H and O–H groups in total. The molecule has 0 radical (unpaired) electrons. The van der Waals surface area contributed by atoms with Gasteiger partial charge in [0.1, 0.15) is 0 Å². The Balaban J connectivity index is 0.000000265. The molecule has 0 unspecified atom stereocenters. The second kappa shape index (κ2) is 8.57. The van der Waals surface area contributed by atoms with Crippen molar-refractivity contribution in [1.29, 1.82) is 0 Å². The summed E-state index contributed by atoms with van der Waals surface area (Å²) in [6.07, 6.45) is 0.480. The number of halogens is 2. The van der Waals surface area contributed by atoms with Gasteiger partial charge in [0.05, 0.1) is 16.7 Å². The third kappa shape index (κ3) is 7.23. The minimum absolute atomic E-state index is 0.123. The molecular formula is C11H14Cl2O2. The normalized spacial score (nSPS) is 8.80. The monoisotopic (exact) mass is 248 g/mol. The van der Waals surface area contributed by atoms with Crippen molar-refractivity contribution in [2.45, 2.75) is 20.3 Å². The highest BCUT2D eigenvalue weighted by Crippen LogP contribution is 2.19. The molecule has 2 nitrogen and oxygen atoms in total. The molecule has 0 heterocycles. The molecule has 0 atom stereocenters. The lowest BCUT2D eigenvalue weighted by Gasteiger charge is -1.93. The summed E-state index contributed by atoms with van der Waals surface area (Å²) >= 11 is 11.2. The maximum atomic E-state index is 10.2. The van der Waals surface area contributed by atoms with Crippen molar-refractivity contribution in [2.75, 3.05) is 6.61 Å². The zero-order valence-electron chi connectivity index (χ0n) is 8.80. The summed E-state index contributed by atoms with van der Waals surface area (Å²) in [4.78, 5) is 10.2. The van der Waals surface area contributed by atoms with Crippen molar-refractivity contribution in [3.05, 3.63) is 34.3 Å². The molecule has 0 saturated heterocycles. The van der Waals surface area contributed by atoms with E-state index in [-0.39, 0.29) is 5.97 Å². The number of carbonyl (C=O) groups excluding carboxylic acids is 1. The Morgan fingerprint density at radius 1 is 1.20 bits per heavy atom. The fourth-order valence-corrected chi connectivity index (χ4v) is 0.974. The van der Waals surface area contributed by atoms with Crippen molar-refractivity contribution < 1.29 is 9.53 Å². The lowest BCUT2D eigenvalue weighted by Crippen LogP contribution is -2.00. The zero-order valence-corrected chi connectivity index (χ0v) is 10.3. The average Bonchev–Trinajstić information content (AvgIpc) is 2.24. The number of esters is 1. The third-order valence-corrected chi connectivity index (χ3v) is 2.17. The van der Waals surface area contributed by atoms with Gasteiger partial charge < -0.3 is 4.74 Å².